The van der Waals surface area contributed by atoms with Crippen LogP contribution in [0.5, 0.6) is 0 Å². The van der Waals surface area contributed by atoms with Gasteiger partial charge >= 0.3 is 11.9 Å². The van der Waals surface area contributed by atoms with Crippen LogP contribution < -0.4 is 10.6 Å². The summed E-state index contributed by atoms with van der Waals surface area (Å²) in [7, 11) is 3.92. The molecule has 0 spiro atoms. The summed E-state index contributed by atoms with van der Waals surface area (Å²) in [5, 5.41) is 15.9. The molecule has 0 heterocycles. The molecule has 0 saturated carbocycles. The maximum absolute atomic E-state index is 12.5. The van der Waals surface area contributed by atoms with Crippen molar-refractivity contribution in [2.24, 2.45) is 0 Å². The third kappa shape index (κ3) is 14.5. The largest absolute Gasteiger partial charge is 0.481 e. The van der Waals surface area contributed by atoms with Crippen molar-refractivity contribution in [1.82, 2.24) is 10.6 Å². The van der Waals surface area contributed by atoms with Gasteiger partial charge in [0, 0.05) is 37.0 Å². The monoisotopic (exact) mass is 496 g/mol. The number of rotatable bonds is 21. The van der Waals surface area contributed by atoms with Gasteiger partial charge in [-0.15, -0.1) is 0 Å². The third-order valence-electron chi connectivity index (χ3n) is 6.12. The van der Waals surface area contributed by atoms with E-state index in [1.54, 1.807) is 13.8 Å². The summed E-state index contributed by atoms with van der Waals surface area (Å²) in [5.41, 5.74) is 0.762. The van der Waals surface area contributed by atoms with Crippen molar-refractivity contribution in [1.29, 1.82) is 0 Å². The summed E-state index contributed by atoms with van der Waals surface area (Å²) in [6.07, 6.45) is 6.69. The Hall–Kier alpha value is -2.52. The van der Waals surface area contributed by atoms with Gasteiger partial charge in [-0.25, -0.2) is 4.79 Å². The van der Waals surface area contributed by atoms with E-state index in [0.717, 1.165) is 32.0 Å². The zero-order valence-corrected chi connectivity index (χ0v) is 22.1. The molecule has 9 nitrogen and oxygen atoms in total. The minimum absolute atomic E-state index is 0.00228. The SMILES string of the molecule is C=C(C)C(=O)NC(CCNCCCOC(=O)C(=C)C)[N+](C)(C)C(CCCCCCC=O)CC(=O)O. The average Bonchev–Trinajstić information content (AvgIpc) is 2.78. The second-order valence-corrected chi connectivity index (χ2v) is 9.62. The summed E-state index contributed by atoms with van der Waals surface area (Å²) in [5.74, 6) is -1.52. The quantitative estimate of drug-likeness (QED) is 0.0558. The van der Waals surface area contributed by atoms with E-state index < -0.39 is 11.9 Å². The van der Waals surface area contributed by atoms with Crippen LogP contribution >= 0.6 is 0 Å². The Balaban J connectivity index is 5.05. The van der Waals surface area contributed by atoms with Crippen molar-refractivity contribution >= 4 is 24.1 Å². The normalized spacial score (nSPS) is 12.9. The van der Waals surface area contributed by atoms with Crippen molar-refractivity contribution in [2.75, 3.05) is 33.8 Å². The Bertz CT molecular complexity index is 720. The molecular formula is C26H46N3O6+. The molecule has 0 rings (SSSR count). The minimum Gasteiger partial charge on any atom is -0.481 e. The lowest BCUT2D eigenvalue weighted by Crippen LogP contribution is -2.63. The number of esters is 1. The van der Waals surface area contributed by atoms with Gasteiger partial charge in [-0.3, -0.25) is 9.59 Å². The first-order valence-corrected chi connectivity index (χ1v) is 12.4. The smallest absolute Gasteiger partial charge is 0.333 e. The molecule has 0 aliphatic carbocycles. The highest BCUT2D eigenvalue weighted by molar-refractivity contribution is 5.92. The van der Waals surface area contributed by atoms with Gasteiger partial charge in [0.25, 0.3) is 5.91 Å². The van der Waals surface area contributed by atoms with Crippen molar-refractivity contribution < 1.29 is 33.5 Å². The molecule has 9 heteroatoms. The van der Waals surface area contributed by atoms with E-state index in [2.05, 4.69) is 23.8 Å². The standard InChI is InChI=1S/C26H45N3O6/c1-20(2)25(33)28-23(14-16-27-15-12-18-35-26(34)21(3)4)29(5,6)22(19-24(31)32)13-10-8-7-9-11-17-30/h17,22-23,27H,1,3,7-16,18-19H2,2,4-6H3,(H-,28,31,32,33)/p+1. The molecular weight excluding hydrogens is 450 g/mol. The maximum atomic E-state index is 12.5. The maximum Gasteiger partial charge on any atom is 0.333 e. The molecule has 1 amide bonds. The lowest BCUT2D eigenvalue weighted by Gasteiger charge is -2.44. The van der Waals surface area contributed by atoms with Crippen LogP contribution in [0.4, 0.5) is 0 Å². The summed E-state index contributed by atoms with van der Waals surface area (Å²) in [6, 6.07) is -0.185. The molecule has 200 valence electrons. The Morgan fingerprint density at radius 1 is 0.971 bits per heavy atom. The van der Waals surface area contributed by atoms with Crippen LogP contribution in [0.1, 0.15) is 71.6 Å². The summed E-state index contributed by atoms with van der Waals surface area (Å²) < 4.78 is 5.41. The first-order chi connectivity index (χ1) is 16.4. The summed E-state index contributed by atoms with van der Waals surface area (Å²) in [6.45, 7) is 12.0. The van der Waals surface area contributed by atoms with Gasteiger partial charge in [0.15, 0.2) is 6.17 Å². The number of nitrogens with zero attached hydrogens (tertiary/aromatic N) is 1. The van der Waals surface area contributed by atoms with Gasteiger partial charge in [-0.05, 0) is 39.7 Å². The minimum atomic E-state index is -0.866. The van der Waals surface area contributed by atoms with Crippen molar-refractivity contribution in [3.05, 3.63) is 24.3 Å². The Labute approximate surface area is 210 Å². The average molecular weight is 497 g/mol. The van der Waals surface area contributed by atoms with Crippen LogP contribution in [0.25, 0.3) is 0 Å². The van der Waals surface area contributed by atoms with Crippen LogP contribution in [-0.4, -0.2) is 79.7 Å². The van der Waals surface area contributed by atoms with Gasteiger partial charge in [0.05, 0.1) is 27.1 Å². The molecule has 2 atom stereocenters. The van der Waals surface area contributed by atoms with Crippen LogP contribution in [0.15, 0.2) is 24.3 Å². The molecule has 35 heavy (non-hydrogen) atoms. The first-order valence-electron chi connectivity index (χ1n) is 12.4. The van der Waals surface area contributed by atoms with Crippen LogP contribution in [0.2, 0.25) is 0 Å². The Morgan fingerprint density at radius 2 is 1.63 bits per heavy atom. The molecule has 0 aliphatic rings. The molecule has 0 aliphatic heterocycles. The number of nitrogens with one attached hydrogen (secondary N) is 2. The number of aliphatic carboxylic acids is 1. The Kier molecular flexibility index (Phi) is 16.6. The molecule has 0 fully saturated rings. The van der Waals surface area contributed by atoms with Crippen molar-refractivity contribution in [3.8, 4) is 0 Å². The zero-order valence-electron chi connectivity index (χ0n) is 22.1. The van der Waals surface area contributed by atoms with Gasteiger partial charge in [-0.1, -0.05) is 26.0 Å². The van der Waals surface area contributed by atoms with E-state index in [1.807, 2.05) is 14.1 Å². The number of hydrogen-bond donors (Lipinski definition) is 3. The summed E-state index contributed by atoms with van der Waals surface area (Å²) >= 11 is 0. The zero-order chi connectivity index (χ0) is 26.9. The molecule has 0 saturated heterocycles. The second kappa shape index (κ2) is 17.8. The van der Waals surface area contributed by atoms with Gasteiger partial charge in [-0.2, -0.15) is 0 Å². The highest BCUT2D eigenvalue weighted by atomic mass is 16.5. The predicted molar refractivity (Wildman–Crippen MR) is 137 cm³/mol. The Morgan fingerprint density at radius 3 is 2.20 bits per heavy atom. The fraction of sp³-hybridized carbons (Fsp3) is 0.692. The van der Waals surface area contributed by atoms with Crippen molar-refractivity contribution in [3.63, 3.8) is 0 Å². The number of amides is 1. The van der Waals surface area contributed by atoms with E-state index in [4.69, 9.17) is 4.74 Å². The van der Waals surface area contributed by atoms with E-state index in [-0.39, 0.29) is 24.5 Å². The van der Waals surface area contributed by atoms with Gasteiger partial charge in [0.2, 0.25) is 0 Å². The van der Waals surface area contributed by atoms with E-state index in [9.17, 15) is 24.3 Å². The number of hydrogen-bond acceptors (Lipinski definition) is 6. The second-order valence-electron chi connectivity index (χ2n) is 9.62. The number of ether oxygens (including phenoxy) is 1. The molecule has 0 aromatic rings. The fourth-order valence-corrected chi connectivity index (χ4v) is 3.78. The van der Waals surface area contributed by atoms with Crippen molar-refractivity contribution in [2.45, 2.75) is 83.8 Å². The number of carbonyl (C=O) groups excluding carboxylic acids is 3. The van der Waals surface area contributed by atoms with Crippen LogP contribution in [0.3, 0.4) is 0 Å². The number of carboxylic acids is 1. The van der Waals surface area contributed by atoms with E-state index in [0.29, 0.717) is 61.0 Å². The highest BCUT2D eigenvalue weighted by Crippen LogP contribution is 2.23. The molecule has 3 N–H and O–H groups in total. The molecule has 2 unspecified atom stereocenters. The number of unbranched alkanes of at least 4 members (excludes halogenated alkanes) is 4. The van der Waals surface area contributed by atoms with E-state index in [1.165, 1.54) is 0 Å². The lowest BCUT2D eigenvalue weighted by molar-refractivity contribution is -0.941. The molecule has 0 bridgehead atoms. The fourth-order valence-electron chi connectivity index (χ4n) is 3.78. The third-order valence-corrected chi connectivity index (χ3v) is 6.12. The summed E-state index contributed by atoms with van der Waals surface area (Å²) in [4.78, 5) is 46.0. The highest BCUT2D eigenvalue weighted by Gasteiger charge is 2.38. The first kappa shape index (κ1) is 32.5. The van der Waals surface area contributed by atoms with Crippen LogP contribution in [0, 0.1) is 0 Å². The lowest BCUT2D eigenvalue weighted by atomic mass is 9.99. The number of carboxylic acid groups (broad SMARTS) is 1. The molecule has 0 aromatic heterocycles. The molecule has 0 radical (unpaired) electrons. The predicted octanol–water partition coefficient (Wildman–Crippen LogP) is 2.95. The van der Waals surface area contributed by atoms with Gasteiger partial charge in [0.1, 0.15) is 12.3 Å². The molecule has 0 aromatic carbocycles. The topological polar surface area (TPSA) is 122 Å². The number of carbonyl (C=O) groups is 4. The van der Waals surface area contributed by atoms with Gasteiger partial charge < -0.3 is 29.8 Å². The number of aldehydes is 1. The number of quaternary nitrogens is 1. The van der Waals surface area contributed by atoms with Crippen LogP contribution in [-0.2, 0) is 23.9 Å². The van der Waals surface area contributed by atoms with E-state index >= 15 is 0 Å².